The molecule has 0 unspecified atom stereocenters. The maximum Gasteiger partial charge on any atom is 0.238 e. The Hall–Kier alpha value is -1.66. The summed E-state index contributed by atoms with van der Waals surface area (Å²) in [5.41, 5.74) is -0.473. The van der Waals surface area contributed by atoms with Crippen LogP contribution >= 0.6 is 0 Å². The Kier molecular flexibility index (Phi) is 2.92. The van der Waals surface area contributed by atoms with Gasteiger partial charge < -0.3 is 9.90 Å². The molecule has 2 N–H and O–H groups in total. The first-order valence-electron chi connectivity index (χ1n) is 3.86. The van der Waals surface area contributed by atoms with Gasteiger partial charge in [-0.3, -0.25) is 0 Å². The van der Waals surface area contributed by atoms with Gasteiger partial charge in [-0.15, -0.1) is 0 Å². The van der Waals surface area contributed by atoms with Gasteiger partial charge in [0.05, 0.1) is 10.9 Å². The molecule has 5 nitrogen and oxygen atoms in total. The minimum Gasteiger partial charge on any atom is -0.545 e. The molecule has 1 aromatic rings. The van der Waals surface area contributed by atoms with Gasteiger partial charge in [0.25, 0.3) is 0 Å². The predicted molar refractivity (Wildman–Crippen MR) is 51.9 cm³/mol. The summed E-state index contributed by atoms with van der Waals surface area (Å²) in [7, 11) is -3.96. The van der Waals surface area contributed by atoms with Gasteiger partial charge >= 0.3 is 0 Å². The zero-order valence-corrected chi connectivity index (χ0v) is 8.45. The second kappa shape index (κ2) is 3.84. The van der Waals surface area contributed by atoms with Crippen molar-refractivity contribution in [3.63, 3.8) is 0 Å². The van der Waals surface area contributed by atoms with E-state index in [1.54, 1.807) is 0 Å². The molecule has 0 saturated carbocycles. The quantitative estimate of drug-likeness (QED) is 0.675. The average Bonchev–Trinajstić information content (AvgIpc) is 2.15. The number of carboxylic acid groups (broad SMARTS) is 1. The van der Waals surface area contributed by atoms with Gasteiger partial charge in [0.1, 0.15) is 0 Å². The summed E-state index contributed by atoms with van der Waals surface area (Å²) in [6, 6.07) is 5.43. The van der Waals surface area contributed by atoms with Crippen molar-refractivity contribution in [3.05, 3.63) is 36.4 Å². The second-order valence-electron chi connectivity index (χ2n) is 2.81. The van der Waals surface area contributed by atoms with E-state index in [4.69, 9.17) is 5.14 Å². The zero-order valence-electron chi connectivity index (χ0n) is 7.64. The Balaban J connectivity index is 3.44. The van der Waals surface area contributed by atoms with E-state index in [0.717, 1.165) is 0 Å². The summed E-state index contributed by atoms with van der Waals surface area (Å²) >= 11 is 0. The second-order valence-corrected chi connectivity index (χ2v) is 4.34. The summed E-state index contributed by atoms with van der Waals surface area (Å²) in [6.45, 7) is 3.22. The lowest BCUT2D eigenvalue weighted by molar-refractivity contribution is -0.295. The summed E-state index contributed by atoms with van der Waals surface area (Å²) < 4.78 is 22.2. The number of benzene rings is 1. The molecule has 0 spiro atoms. The van der Waals surface area contributed by atoms with Gasteiger partial charge in [-0.25, -0.2) is 13.6 Å². The van der Waals surface area contributed by atoms with Crippen LogP contribution in [-0.4, -0.2) is 14.4 Å². The van der Waals surface area contributed by atoms with Crippen LogP contribution in [0.2, 0.25) is 0 Å². The third-order valence-electron chi connectivity index (χ3n) is 1.77. The molecule has 0 aliphatic heterocycles. The first-order valence-corrected chi connectivity index (χ1v) is 5.41. The molecule has 0 aliphatic rings. The van der Waals surface area contributed by atoms with E-state index < -0.39 is 21.6 Å². The first kappa shape index (κ1) is 11.4. The van der Waals surface area contributed by atoms with E-state index in [0.29, 0.717) is 0 Å². The maximum atomic E-state index is 11.1. The van der Waals surface area contributed by atoms with Crippen molar-refractivity contribution in [2.24, 2.45) is 5.14 Å². The molecule has 0 bridgehead atoms. The molecule has 0 radical (unpaired) electrons. The summed E-state index contributed by atoms with van der Waals surface area (Å²) in [4.78, 5) is 10.3. The van der Waals surface area contributed by atoms with Crippen molar-refractivity contribution in [2.45, 2.75) is 4.90 Å². The van der Waals surface area contributed by atoms with Crippen LogP contribution in [0.25, 0.3) is 5.57 Å². The molecule has 0 amide bonds. The highest BCUT2D eigenvalue weighted by atomic mass is 32.2. The molecule has 1 aromatic carbocycles. The van der Waals surface area contributed by atoms with Gasteiger partial charge in [0.2, 0.25) is 10.0 Å². The number of carboxylic acids is 1. The highest BCUT2D eigenvalue weighted by Crippen LogP contribution is 2.20. The fourth-order valence-electron chi connectivity index (χ4n) is 1.07. The molecule has 15 heavy (non-hydrogen) atoms. The Morgan fingerprint density at radius 2 is 1.87 bits per heavy atom. The van der Waals surface area contributed by atoms with E-state index in [2.05, 4.69) is 6.58 Å². The Morgan fingerprint density at radius 1 is 1.33 bits per heavy atom. The number of rotatable bonds is 3. The van der Waals surface area contributed by atoms with Crippen LogP contribution in [0.5, 0.6) is 0 Å². The minimum atomic E-state index is -3.96. The molecule has 0 fully saturated rings. The topological polar surface area (TPSA) is 100 Å². The standard InChI is InChI=1S/C9H9NO4S/c1-6(9(11)12)7-4-2-3-5-8(7)15(10,13)14/h2-5H,1H2,(H,11,12)(H2,10,13,14)/p-1. The fourth-order valence-corrected chi connectivity index (χ4v) is 1.84. The molecule has 6 heteroatoms. The Bertz CT molecular complexity index is 519. The van der Waals surface area contributed by atoms with E-state index in [-0.39, 0.29) is 10.5 Å². The largest absolute Gasteiger partial charge is 0.545 e. The SMILES string of the molecule is C=C(C(=O)[O-])c1ccccc1S(N)(=O)=O. The van der Waals surface area contributed by atoms with E-state index in [9.17, 15) is 18.3 Å². The van der Waals surface area contributed by atoms with Crippen molar-refractivity contribution in [1.29, 1.82) is 0 Å². The number of hydrogen-bond donors (Lipinski definition) is 1. The molecule has 0 aliphatic carbocycles. The number of carbonyl (C=O) groups excluding carboxylic acids is 1. The van der Waals surface area contributed by atoms with Crippen LogP contribution in [0, 0.1) is 0 Å². The zero-order chi connectivity index (χ0) is 11.6. The van der Waals surface area contributed by atoms with Crippen LogP contribution in [0.3, 0.4) is 0 Å². The molecule has 0 atom stereocenters. The van der Waals surface area contributed by atoms with Crippen LogP contribution in [0.4, 0.5) is 0 Å². The number of aliphatic carboxylic acids is 1. The summed E-state index contributed by atoms with van der Waals surface area (Å²) in [5.74, 6) is -1.54. The molecule has 0 saturated heterocycles. The van der Waals surface area contributed by atoms with Gasteiger partial charge in [-0.2, -0.15) is 0 Å². The van der Waals surface area contributed by atoms with E-state index in [1.807, 2.05) is 0 Å². The molecule has 1 rings (SSSR count). The summed E-state index contributed by atoms with van der Waals surface area (Å²) in [5, 5.41) is 15.4. The highest BCUT2D eigenvalue weighted by Gasteiger charge is 2.15. The van der Waals surface area contributed by atoms with E-state index in [1.165, 1.54) is 24.3 Å². The van der Waals surface area contributed by atoms with Crippen LogP contribution in [0.15, 0.2) is 35.7 Å². The fraction of sp³-hybridized carbons (Fsp3) is 0. The minimum absolute atomic E-state index is 0.0556. The average molecular weight is 226 g/mol. The van der Waals surface area contributed by atoms with Gasteiger partial charge in [0.15, 0.2) is 0 Å². The van der Waals surface area contributed by atoms with Crippen molar-refractivity contribution in [1.82, 2.24) is 0 Å². The lowest BCUT2D eigenvalue weighted by Crippen LogP contribution is -2.24. The van der Waals surface area contributed by atoms with Gasteiger partial charge in [-0.1, -0.05) is 24.8 Å². The third kappa shape index (κ3) is 2.42. The predicted octanol–water partition coefficient (Wildman–Crippen LogP) is -0.903. The molecule has 0 aromatic heterocycles. The van der Waals surface area contributed by atoms with Gasteiger partial charge in [0, 0.05) is 5.56 Å². The van der Waals surface area contributed by atoms with Crippen molar-refractivity contribution >= 4 is 21.6 Å². The van der Waals surface area contributed by atoms with Crippen molar-refractivity contribution in [3.8, 4) is 0 Å². The summed E-state index contributed by atoms with van der Waals surface area (Å²) in [6.07, 6.45) is 0. The van der Waals surface area contributed by atoms with Crippen LogP contribution in [-0.2, 0) is 14.8 Å². The monoisotopic (exact) mass is 226 g/mol. The number of primary sulfonamides is 1. The Labute approximate surface area is 86.9 Å². The molecule has 0 heterocycles. The van der Waals surface area contributed by atoms with Gasteiger partial charge in [-0.05, 0) is 11.6 Å². The number of sulfonamides is 1. The van der Waals surface area contributed by atoms with Crippen molar-refractivity contribution < 1.29 is 18.3 Å². The first-order chi connectivity index (χ1) is 6.84. The molecular weight excluding hydrogens is 218 g/mol. The lowest BCUT2D eigenvalue weighted by Gasteiger charge is -2.10. The number of carbonyl (C=O) groups is 1. The van der Waals surface area contributed by atoms with Crippen LogP contribution in [0.1, 0.15) is 5.56 Å². The highest BCUT2D eigenvalue weighted by molar-refractivity contribution is 7.89. The molecular formula is C9H8NO4S-. The maximum absolute atomic E-state index is 11.1. The number of nitrogens with two attached hydrogens (primary N) is 1. The van der Waals surface area contributed by atoms with E-state index >= 15 is 0 Å². The van der Waals surface area contributed by atoms with Crippen LogP contribution < -0.4 is 10.2 Å². The normalized spacial score (nSPS) is 11.0. The third-order valence-corrected chi connectivity index (χ3v) is 2.73. The smallest absolute Gasteiger partial charge is 0.238 e. The number of hydrogen-bond acceptors (Lipinski definition) is 4. The molecule has 80 valence electrons. The van der Waals surface area contributed by atoms with Crippen molar-refractivity contribution in [2.75, 3.05) is 0 Å². The lowest BCUT2D eigenvalue weighted by atomic mass is 10.1. The Morgan fingerprint density at radius 3 is 2.33 bits per heavy atom.